The van der Waals surface area contributed by atoms with Gasteiger partial charge in [-0.25, -0.2) is 0 Å². The molecule has 1 saturated carbocycles. The van der Waals surface area contributed by atoms with Crippen LogP contribution in [0.15, 0.2) is 66.7 Å². The molecule has 0 bridgehead atoms. The zero-order valence-electron chi connectivity index (χ0n) is 26.3. The second-order valence-electron chi connectivity index (χ2n) is 12.7. The van der Waals surface area contributed by atoms with Crippen LogP contribution >= 0.6 is 11.3 Å². The molecule has 0 spiro atoms. The Balaban J connectivity index is 1.11. The normalized spacial score (nSPS) is 20.9. The van der Waals surface area contributed by atoms with Crippen molar-refractivity contribution in [2.45, 2.75) is 63.5 Å². The summed E-state index contributed by atoms with van der Waals surface area (Å²) in [6.45, 7) is 6.37. The molecule has 3 heterocycles. The Hall–Kier alpha value is -3.39. The first-order valence-corrected chi connectivity index (χ1v) is 17.6. The van der Waals surface area contributed by atoms with Crippen LogP contribution in [0.1, 0.15) is 67.3 Å². The van der Waals surface area contributed by atoms with Gasteiger partial charge in [0, 0.05) is 38.7 Å². The third kappa shape index (κ3) is 6.76. The van der Waals surface area contributed by atoms with E-state index >= 15 is 0 Å². The van der Waals surface area contributed by atoms with Gasteiger partial charge in [0.25, 0.3) is 0 Å². The lowest BCUT2D eigenvalue weighted by atomic mass is 9.91. The first-order chi connectivity index (χ1) is 22.2. The molecule has 45 heavy (non-hydrogen) atoms. The highest BCUT2D eigenvalue weighted by Gasteiger charge is 2.33. The second kappa shape index (κ2) is 13.9. The smallest absolute Gasteiger partial charge is 0.195 e. The Morgan fingerprint density at radius 3 is 2.24 bits per heavy atom. The van der Waals surface area contributed by atoms with Crippen LogP contribution in [0.3, 0.4) is 0 Å². The lowest BCUT2D eigenvalue weighted by Crippen LogP contribution is -2.46. The van der Waals surface area contributed by atoms with E-state index in [9.17, 15) is 4.79 Å². The van der Waals surface area contributed by atoms with Crippen molar-refractivity contribution in [3.05, 3.63) is 77.9 Å². The number of ether oxygens (including phenoxy) is 3. The van der Waals surface area contributed by atoms with Gasteiger partial charge >= 0.3 is 0 Å². The van der Waals surface area contributed by atoms with Crippen LogP contribution in [0.4, 0.5) is 0 Å². The molecule has 1 aliphatic carbocycles. The lowest BCUT2D eigenvalue weighted by molar-refractivity contribution is 0.0485. The summed E-state index contributed by atoms with van der Waals surface area (Å²) in [5.41, 5.74) is 2.41. The molecule has 3 aliphatic rings. The highest BCUT2D eigenvalue weighted by Crippen LogP contribution is 2.42. The van der Waals surface area contributed by atoms with Crippen LogP contribution in [0, 0.1) is 0 Å². The average molecular weight is 625 g/mol. The van der Waals surface area contributed by atoms with Gasteiger partial charge in [-0.15, -0.1) is 11.3 Å². The second-order valence-corrected chi connectivity index (χ2v) is 13.7. The molecule has 3 aromatic carbocycles. The van der Waals surface area contributed by atoms with Gasteiger partial charge < -0.3 is 14.2 Å². The number of hydrogen-bond donors (Lipinski definition) is 0. The van der Waals surface area contributed by atoms with Crippen LogP contribution in [-0.2, 0) is 0 Å². The van der Waals surface area contributed by atoms with Gasteiger partial charge in [-0.1, -0.05) is 6.42 Å². The lowest BCUT2D eigenvalue weighted by Gasteiger charge is -2.37. The number of thiophene rings is 1. The van der Waals surface area contributed by atoms with Crippen LogP contribution < -0.4 is 14.2 Å². The fourth-order valence-electron chi connectivity index (χ4n) is 7.34. The standard InChI is InChI=1S/C38H44N2O4S/c1-42-31-18-19-32-35(26-31)45-38(28-12-14-29(15-13-28)43-25-24-39-20-4-5-21-39)36(32)37(41)27-10-16-30(17-11-27)44-34-9-3-2-8-33(34)40-22-6-7-23-40/h10-19,26,33-34H,2-9,20-25H2,1H3/t33-,34-/m0/s1. The minimum absolute atomic E-state index is 0.0199. The number of nitrogens with zero attached hydrogens (tertiary/aromatic N) is 2. The van der Waals surface area contributed by atoms with Crippen LogP contribution in [-0.4, -0.2) is 74.2 Å². The molecular formula is C38H44N2O4S. The molecule has 2 atom stereocenters. The van der Waals surface area contributed by atoms with Crippen molar-refractivity contribution < 1.29 is 19.0 Å². The number of carbonyl (C=O) groups is 1. The van der Waals surface area contributed by atoms with E-state index in [0.29, 0.717) is 18.2 Å². The summed E-state index contributed by atoms with van der Waals surface area (Å²) in [6.07, 6.45) is 10.2. The SMILES string of the molecule is COc1ccc2c(C(=O)c3ccc(O[C@H]4CCCC[C@@H]4N4CCCC4)cc3)c(-c3ccc(OCCN4CCCC4)cc3)sc2c1. The molecule has 0 radical (unpaired) electrons. The number of rotatable bonds is 11. The largest absolute Gasteiger partial charge is 0.497 e. The van der Waals surface area contributed by atoms with Crippen molar-refractivity contribution in [1.82, 2.24) is 9.80 Å². The van der Waals surface area contributed by atoms with Crippen LogP contribution in [0.2, 0.25) is 0 Å². The van der Waals surface area contributed by atoms with Gasteiger partial charge in [0.15, 0.2) is 5.78 Å². The van der Waals surface area contributed by atoms with Crippen molar-refractivity contribution in [2.75, 3.05) is 46.4 Å². The summed E-state index contributed by atoms with van der Waals surface area (Å²) >= 11 is 1.63. The monoisotopic (exact) mass is 624 g/mol. The predicted octanol–water partition coefficient (Wildman–Crippen LogP) is 8.07. The van der Waals surface area contributed by atoms with Crippen LogP contribution in [0.25, 0.3) is 20.5 Å². The van der Waals surface area contributed by atoms with E-state index in [-0.39, 0.29) is 11.9 Å². The Kier molecular flexibility index (Phi) is 9.38. The maximum atomic E-state index is 14.2. The van der Waals surface area contributed by atoms with E-state index in [0.717, 1.165) is 56.3 Å². The third-order valence-corrected chi connectivity index (χ3v) is 11.0. The Labute approximate surface area is 270 Å². The van der Waals surface area contributed by atoms with Gasteiger partial charge in [-0.05, 0) is 143 Å². The Morgan fingerprint density at radius 1 is 0.800 bits per heavy atom. The van der Waals surface area contributed by atoms with E-state index in [4.69, 9.17) is 14.2 Å². The van der Waals surface area contributed by atoms with E-state index in [1.807, 2.05) is 54.6 Å². The minimum Gasteiger partial charge on any atom is -0.497 e. The maximum Gasteiger partial charge on any atom is 0.195 e. The number of carbonyl (C=O) groups excluding carboxylic acids is 1. The van der Waals surface area contributed by atoms with Crippen molar-refractivity contribution in [3.63, 3.8) is 0 Å². The van der Waals surface area contributed by atoms with Gasteiger partial charge in [0.05, 0.1) is 7.11 Å². The molecule has 0 amide bonds. The molecule has 7 heteroatoms. The fraction of sp³-hybridized carbons (Fsp3) is 0.447. The van der Waals surface area contributed by atoms with E-state index in [1.165, 1.54) is 71.1 Å². The molecule has 6 nitrogen and oxygen atoms in total. The van der Waals surface area contributed by atoms with Gasteiger partial charge in [-0.3, -0.25) is 14.6 Å². The Bertz CT molecular complexity index is 1590. The summed E-state index contributed by atoms with van der Waals surface area (Å²) in [6, 6.07) is 22.5. The third-order valence-electron chi connectivity index (χ3n) is 9.80. The predicted molar refractivity (Wildman–Crippen MR) is 182 cm³/mol. The molecule has 7 rings (SSSR count). The summed E-state index contributed by atoms with van der Waals surface area (Å²) < 4.78 is 19.2. The zero-order chi connectivity index (χ0) is 30.6. The molecule has 2 aliphatic heterocycles. The first-order valence-electron chi connectivity index (χ1n) is 16.8. The number of ketones is 1. The average Bonchev–Trinajstić information content (AvgIpc) is 3.87. The summed E-state index contributed by atoms with van der Waals surface area (Å²) in [4.78, 5) is 20.3. The number of fused-ring (bicyclic) bond motifs is 1. The molecular weight excluding hydrogens is 580 g/mol. The summed E-state index contributed by atoms with van der Waals surface area (Å²) in [7, 11) is 1.68. The highest BCUT2D eigenvalue weighted by atomic mass is 32.1. The molecule has 236 valence electrons. The van der Waals surface area contributed by atoms with Crippen LogP contribution in [0.5, 0.6) is 17.2 Å². The zero-order valence-corrected chi connectivity index (χ0v) is 27.2. The van der Waals surface area contributed by atoms with Crippen molar-refractivity contribution >= 4 is 27.2 Å². The molecule has 2 saturated heterocycles. The van der Waals surface area contributed by atoms with Crippen molar-refractivity contribution in [2.24, 2.45) is 0 Å². The number of benzene rings is 3. The summed E-state index contributed by atoms with van der Waals surface area (Å²) in [5, 5.41) is 0.947. The van der Waals surface area contributed by atoms with E-state index < -0.39 is 0 Å². The fourth-order valence-corrected chi connectivity index (χ4v) is 8.58. The van der Waals surface area contributed by atoms with Gasteiger partial charge in [-0.2, -0.15) is 0 Å². The maximum absolute atomic E-state index is 14.2. The molecule has 1 aromatic heterocycles. The summed E-state index contributed by atoms with van der Waals surface area (Å²) in [5.74, 6) is 2.51. The van der Waals surface area contributed by atoms with Gasteiger partial charge in [0.2, 0.25) is 0 Å². The number of likely N-dealkylation sites (tertiary alicyclic amines) is 2. The molecule has 0 unspecified atom stereocenters. The van der Waals surface area contributed by atoms with E-state index in [2.05, 4.69) is 21.9 Å². The number of hydrogen-bond acceptors (Lipinski definition) is 7. The number of methoxy groups -OCH3 is 1. The molecule has 0 N–H and O–H groups in total. The quantitative estimate of drug-likeness (QED) is 0.157. The highest BCUT2D eigenvalue weighted by molar-refractivity contribution is 7.22. The minimum atomic E-state index is 0.0199. The van der Waals surface area contributed by atoms with Crippen molar-refractivity contribution in [3.8, 4) is 27.7 Å². The first kappa shape index (κ1) is 30.3. The van der Waals surface area contributed by atoms with Crippen molar-refractivity contribution in [1.29, 1.82) is 0 Å². The van der Waals surface area contributed by atoms with Gasteiger partial charge in [0.1, 0.15) is 30.0 Å². The molecule has 4 aromatic rings. The Morgan fingerprint density at radius 2 is 1.49 bits per heavy atom. The molecule has 3 fully saturated rings. The van der Waals surface area contributed by atoms with E-state index in [1.54, 1.807) is 18.4 Å². The topological polar surface area (TPSA) is 51.2 Å².